The molecule has 2 aromatic carbocycles. The molecule has 0 bridgehead atoms. The lowest BCUT2D eigenvalue weighted by molar-refractivity contribution is 0.103. The van der Waals surface area contributed by atoms with Crippen LogP contribution in [-0.2, 0) is 0 Å². The van der Waals surface area contributed by atoms with Crippen molar-refractivity contribution in [3.05, 3.63) is 64.0 Å². The summed E-state index contributed by atoms with van der Waals surface area (Å²) in [6.07, 6.45) is 0. The number of carbonyl (C=O) groups is 1. The molecule has 6 nitrogen and oxygen atoms in total. The molecule has 3 N–H and O–H groups in total. The van der Waals surface area contributed by atoms with Crippen molar-refractivity contribution in [1.29, 1.82) is 0 Å². The van der Waals surface area contributed by atoms with Gasteiger partial charge in [0.25, 0.3) is 0 Å². The molecule has 0 fully saturated rings. The number of rotatable bonds is 2. The molecule has 0 aliphatic heterocycles. The van der Waals surface area contributed by atoms with Gasteiger partial charge < -0.3 is 19.7 Å². The van der Waals surface area contributed by atoms with Crippen molar-refractivity contribution in [2.24, 2.45) is 0 Å². The standard InChI is InChI=1S/C16H10O6/c17-11-4-2-1-3-9(11)13(19)10-7-8-5-6-12(18)14(20)15(8)22-16(10)21/h1-7,17-18,20H. The number of benzene rings is 2. The van der Waals surface area contributed by atoms with E-state index < -0.39 is 22.9 Å². The number of ketones is 1. The van der Waals surface area contributed by atoms with E-state index in [1.807, 2.05) is 0 Å². The molecule has 0 saturated carbocycles. The first kappa shape index (κ1) is 13.7. The fourth-order valence-corrected chi connectivity index (χ4v) is 2.13. The van der Waals surface area contributed by atoms with Gasteiger partial charge >= 0.3 is 5.63 Å². The van der Waals surface area contributed by atoms with E-state index in [0.717, 1.165) is 0 Å². The lowest BCUT2D eigenvalue weighted by Gasteiger charge is -2.05. The molecule has 0 radical (unpaired) electrons. The molecule has 0 spiro atoms. The summed E-state index contributed by atoms with van der Waals surface area (Å²) in [5.74, 6) is -1.95. The molecule has 3 aromatic rings. The topological polar surface area (TPSA) is 108 Å². The summed E-state index contributed by atoms with van der Waals surface area (Å²) in [6.45, 7) is 0. The minimum absolute atomic E-state index is 0.0304. The molecule has 3 rings (SSSR count). The number of phenolic OH excluding ortho intramolecular Hbond substituents is 3. The van der Waals surface area contributed by atoms with Crippen molar-refractivity contribution in [2.75, 3.05) is 0 Å². The van der Waals surface area contributed by atoms with Crippen LogP contribution in [0.4, 0.5) is 0 Å². The molecule has 6 heteroatoms. The van der Waals surface area contributed by atoms with E-state index in [2.05, 4.69) is 0 Å². The van der Waals surface area contributed by atoms with Gasteiger partial charge in [-0.25, -0.2) is 4.79 Å². The average Bonchev–Trinajstić information content (AvgIpc) is 2.51. The molecule has 0 atom stereocenters. The molecular formula is C16H10O6. The van der Waals surface area contributed by atoms with Crippen LogP contribution in [0.15, 0.2) is 51.7 Å². The zero-order chi connectivity index (χ0) is 15.9. The van der Waals surface area contributed by atoms with E-state index in [0.29, 0.717) is 0 Å². The number of aromatic hydroxyl groups is 3. The predicted octanol–water partition coefficient (Wildman–Crippen LogP) is 2.14. The average molecular weight is 298 g/mol. The highest BCUT2D eigenvalue weighted by Crippen LogP contribution is 2.33. The molecular weight excluding hydrogens is 288 g/mol. The van der Waals surface area contributed by atoms with Gasteiger partial charge in [0.15, 0.2) is 11.3 Å². The van der Waals surface area contributed by atoms with Gasteiger partial charge in [0, 0.05) is 5.39 Å². The van der Waals surface area contributed by atoms with E-state index in [4.69, 9.17) is 4.42 Å². The summed E-state index contributed by atoms with van der Waals surface area (Å²) < 4.78 is 4.92. The van der Waals surface area contributed by atoms with Gasteiger partial charge in [0.05, 0.1) is 5.56 Å². The zero-order valence-corrected chi connectivity index (χ0v) is 11.1. The molecule has 110 valence electrons. The quantitative estimate of drug-likeness (QED) is 0.380. The van der Waals surface area contributed by atoms with Gasteiger partial charge in [-0.3, -0.25) is 4.79 Å². The summed E-state index contributed by atoms with van der Waals surface area (Å²) in [5.41, 5.74) is -1.49. The second kappa shape index (κ2) is 4.92. The maximum Gasteiger partial charge on any atom is 0.347 e. The Morgan fingerprint density at radius 1 is 0.909 bits per heavy atom. The third-order valence-electron chi connectivity index (χ3n) is 3.25. The Kier molecular flexibility index (Phi) is 3.06. The highest BCUT2D eigenvalue weighted by molar-refractivity contribution is 6.11. The van der Waals surface area contributed by atoms with Crippen LogP contribution in [0.1, 0.15) is 15.9 Å². The van der Waals surface area contributed by atoms with Crippen LogP contribution in [0.5, 0.6) is 17.2 Å². The molecule has 1 heterocycles. The minimum atomic E-state index is -0.971. The SMILES string of the molecule is O=C(c1ccccc1O)c1cc2ccc(O)c(O)c2oc1=O. The van der Waals surface area contributed by atoms with Gasteiger partial charge in [0.1, 0.15) is 11.3 Å². The Labute approximate surface area is 123 Å². The van der Waals surface area contributed by atoms with Gasteiger partial charge in [-0.15, -0.1) is 0 Å². The van der Waals surface area contributed by atoms with Crippen LogP contribution in [0, 0.1) is 0 Å². The second-order valence-electron chi connectivity index (χ2n) is 4.65. The number of fused-ring (bicyclic) bond motifs is 1. The third kappa shape index (κ3) is 2.07. The van der Waals surface area contributed by atoms with Crippen LogP contribution < -0.4 is 5.63 Å². The van der Waals surface area contributed by atoms with Gasteiger partial charge in [0.2, 0.25) is 11.5 Å². The Morgan fingerprint density at radius 2 is 1.64 bits per heavy atom. The first-order chi connectivity index (χ1) is 10.5. The van der Waals surface area contributed by atoms with E-state index >= 15 is 0 Å². The van der Waals surface area contributed by atoms with Gasteiger partial charge in [-0.2, -0.15) is 0 Å². The zero-order valence-electron chi connectivity index (χ0n) is 11.1. The lowest BCUT2D eigenvalue weighted by atomic mass is 10.0. The van der Waals surface area contributed by atoms with Crippen LogP contribution in [-0.4, -0.2) is 21.1 Å². The van der Waals surface area contributed by atoms with Crippen LogP contribution >= 0.6 is 0 Å². The fraction of sp³-hybridized carbons (Fsp3) is 0. The Hall–Kier alpha value is -3.28. The Balaban J connectivity index is 2.22. The highest BCUT2D eigenvalue weighted by Gasteiger charge is 2.20. The summed E-state index contributed by atoms with van der Waals surface area (Å²) in [4.78, 5) is 24.3. The van der Waals surface area contributed by atoms with Crippen molar-refractivity contribution in [3.8, 4) is 17.2 Å². The predicted molar refractivity (Wildman–Crippen MR) is 77.4 cm³/mol. The molecule has 22 heavy (non-hydrogen) atoms. The summed E-state index contributed by atoms with van der Waals surface area (Å²) in [5, 5.41) is 29.0. The first-order valence-corrected chi connectivity index (χ1v) is 6.30. The maximum atomic E-state index is 12.4. The molecule has 0 aliphatic carbocycles. The van der Waals surface area contributed by atoms with Gasteiger partial charge in [-0.1, -0.05) is 12.1 Å². The number of hydrogen-bond acceptors (Lipinski definition) is 6. The molecule has 1 aromatic heterocycles. The van der Waals surface area contributed by atoms with Crippen molar-refractivity contribution in [3.63, 3.8) is 0 Å². The molecule has 0 amide bonds. The molecule has 0 saturated heterocycles. The smallest absolute Gasteiger partial charge is 0.347 e. The minimum Gasteiger partial charge on any atom is -0.507 e. The van der Waals surface area contributed by atoms with E-state index in [-0.39, 0.29) is 27.8 Å². The number of para-hydroxylation sites is 1. The number of carbonyl (C=O) groups excluding carboxylic acids is 1. The van der Waals surface area contributed by atoms with Crippen molar-refractivity contribution in [1.82, 2.24) is 0 Å². The summed E-state index contributed by atoms with van der Waals surface area (Å²) in [7, 11) is 0. The number of hydrogen-bond donors (Lipinski definition) is 3. The van der Waals surface area contributed by atoms with Crippen molar-refractivity contribution in [2.45, 2.75) is 0 Å². The third-order valence-corrected chi connectivity index (χ3v) is 3.25. The Morgan fingerprint density at radius 3 is 2.36 bits per heavy atom. The largest absolute Gasteiger partial charge is 0.507 e. The Bertz CT molecular complexity index is 954. The van der Waals surface area contributed by atoms with Crippen molar-refractivity contribution < 1.29 is 24.5 Å². The van der Waals surface area contributed by atoms with Crippen molar-refractivity contribution >= 4 is 16.8 Å². The summed E-state index contributed by atoms with van der Waals surface area (Å²) in [6, 6.07) is 9.68. The molecule has 0 unspecified atom stereocenters. The monoisotopic (exact) mass is 298 g/mol. The number of phenols is 3. The van der Waals surface area contributed by atoms with E-state index in [9.17, 15) is 24.9 Å². The highest BCUT2D eigenvalue weighted by atomic mass is 16.4. The van der Waals surface area contributed by atoms with Crippen LogP contribution in [0.2, 0.25) is 0 Å². The van der Waals surface area contributed by atoms with E-state index in [1.54, 1.807) is 12.1 Å². The lowest BCUT2D eigenvalue weighted by Crippen LogP contribution is -2.14. The van der Waals surface area contributed by atoms with Gasteiger partial charge in [-0.05, 0) is 30.3 Å². The van der Waals surface area contributed by atoms with Crippen LogP contribution in [0.25, 0.3) is 11.0 Å². The first-order valence-electron chi connectivity index (χ1n) is 6.30. The second-order valence-corrected chi connectivity index (χ2v) is 4.65. The fourth-order valence-electron chi connectivity index (χ4n) is 2.13. The van der Waals surface area contributed by atoms with E-state index in [1.165, 1.54) is 30.3 Å². The summed E-state index contributed by atoms with van der Waals surface area (Å²) >= 11 is 0. The van der Waals surface area contributed by atoms with Crippen LogP contribution in [0.3, 0.4) is 0 Å². The normalized spacial score (nSPS) is 10.7. The molecule has 0 aliphatic rings. The maximum absolute atomic E-state index is 12.4.